The van der Waals surface area contributed by atoms with Crippen molar-refractivity contribution >= 4 is 39.1 Å². The Balaban J connectivity index is 2.28. The molecule has 2 aromatic rings. The first-order valence-electron chi connectivity index (χ1n) is 5.36. The van der Waals surface area contributed by atoms with Gasteiger partial charge in [-0.3, -0.25) is 4.79 Å². The summed E-state index contributed by atoms with van der Waals surface area (Å²) in [6.45, 7) is 1.84. The number of carbonyl (C=O) groups is 1. The van der Waals surface area contributed by atoms with Crippen LogP contribution >= 0.6 is 27.5 Å². The first-order chi connectivity index (χ1) is 8.97. The highest BCUT2D eigenvalue weighted by atomic mass is 79.9. The van der Waals surface area contributed by atoms with Gasteiger partial charge in [-0.15, -0.1) is 0 Å². The molecular weight excluding hydrogens is 335 g/mol. The molecule has 1 aromatic carbocycles. The third-order valence-electron chi connectivity index (χ3n) is 2.40. The van der Waals surface area contributed by atoms with Gasteiger partial charge in [0, 0.05) is 10.7 Å². The Labute approximate surface area is 122 Å². The van der Waals surface area contributed by atoms with Gasteiger partial charge in [0.2, 0.25) is 0 Å². The van der Waals surface area contributed by atoms with Gasteiger partial charge in [0.05, 0.1) is 11.3 Å². The second-order valence-corrected chi connectivity index (χ2v) is 5.14. The van der Waals surface area contributed by atoms with Crippen LogP contribution in [0.25, 0.3) is 0 Å². The number of halogens is 3. The molecule has 0 atom stereocenters. The molecule has 0 aliphatic rings. The Morgan fingerprint density at radius 3 is 2.84 bits per heavy atom. The standard InChI is InChI=1S/C13H9BrClFN2O/c1-7-4-11(12(15)17-6-7)18-13(19)9-3-2-8(16)5-10(9)14/h2-6H,1H3,(H,18,19). The fourth-order valence-electron chi connectivity index (χ4n) is 1.50. The Morgan fingerprint density at radius 1 is 1.42 bits per heavy atom. The van der Waals surface area contributed by atoms with Gasteiger partial charge in [-0.05, 0) is 52.7 Å². The van der Waals surface area contributed by atoms with E-state index in [2.05, 4.69) is 26.2 Å². The van der Waals surface area contributed by atoms with Crippen molar-refractivity contribution in [3.63, 3.8) is 0 Å². The van der Waals surface area contributed by atoms with Crippen LogP contribution in [0.4, 0.5) is 10.1 Å². The number of nitrogens with zero attached hydrogens (tertiary/aromatic N) is 1. The summed E-state index contributed by atoms with van der Waals surface area (Å²) in [5, 5.41) is 2.85. The predicted octanol–water partition coefficient (Wildman–Crippen LogP) is 4.20. The van der Waals surface area contributed by atoms with Crippen LogP contribution in [0.2, 0.25) is 5.15 Å². The number of anilines is 1. The zero-order valence-electron chi connectivity index (χ0n) is 9.88. The third kappa shape index (κ3) is 3.30. The van der Waals surface area contributed by atoms with Gasteiger partial charge in [0.15, 0.2) is 5.15 Å². The van der Waals surface area contributed by atoms with Gasteiger partial charge in [0.1, 0.15) is 5.82 Å². The van der Waals surface area contributed by atoms with E-state index in [0.717, 1.165) is 5.56 Å². The monoisotopic (exact) mass is 342 g/mol. The van der Waals surface area contributed by atoms with Crippen molar-refractivity contribution in [2.45, 2.75) is 6.92 Å². The van der Waals surface area contributed by atoms with Crippen LogP contribution in [0.15, 0.2) is 34.9 Å². The normalized spacial score (nSPS) is 10.3. The molecule has 1 N–H and O–H groups in total. The highest BCUT2D eigenvalue weighted by molar-refractivity contribution is 9.10. The van der Waals surface area contributed by atoms with Crippen molar-refractivity contribution in [2.75, 3.05) is 5.32 Å². The Hall–Kier alpha value is -1.46. The number of nitrogens with one attached hydrogen (secondary N) is 1. The molecule has 1 heterocycles. The summed E-state index contributed by atoms with van der Waals surface area (Å²) in [5.74, 6) is -0.806. The highest BCUT2D eigenvalue weighted by Gasteiger charge is 2.13. The van der Waals surface area contributed by atoms with Crippen LogP contribution in [0.3, 0.4) is 0 Å². The van der Waals surface area contributed by atoms with Crippen LogP contribution in [0, 0.1) is 12.7 Å². The fourth-order valence-corrected chi connectivity index (χ4v) is 2.18. The van der Waals surface area contributed by atoms with Crippen LogP contribution < -0.4 is 5.32 Å². The van der Waals surface area contributed by atoms with E-state index in [0.29, 0.717) is 15.7 Å². The van der Waals surface area contributed by atoms with E-state index in [9.17, 15) is 9.18 Å². The Morgan fingerprint density at radius 2 is 2.16 bits per heavy atom. The summed E-state index contributed by atoms with van der Waals surface area (Å²) in [5.41, 5.74) is 1.61. The summed E-state index contributed by atoms with van der Waals surface area (Å²) < 4.78 is 13.3. The topological polar surface area (TPSA) is 42.0 Å². The van der Waals surface area contributed by atoms with Gasteiger partial charge in [-0.2, -0.15) is 0 Å². The number of aryl methyl sites for hydroxylation is 1. The number of hydrogen-bond donors (Lipinski definition) is 1. The first kappa shape index (κ1) is 14.0. The molecule has 0 spiro atoms. The van der Waals surface area contributed by atoms with E-state index >= 15 is 0 Å². The van der Waals surface area contributed by atoms with Crippen LogP contribution in [-0.2, 0) is 0 Å². The second-order valence-electron chi connectivity index (χ2n) is 3.93. The molecule has 0 aliphatic carbocycles. The summed E-state index contributed by atoms with van der Waals surface area (Å²) >= 11 is 9.04. The lowest BCUT2D eigenvalue weighted by atomic mass is 10.2. The quantitative estimate of drug-likeness (QED) is 0.831. The minimum absolute atomic E-state index is 0.206. The summed E-state index contributed by atoms with van der Waals surface area (Å²) in [6, 6.07) is 5.55. The smallest absolute Gasteiger partial charge is 0.256 e. The third-order valence-corrected chi connectivity index (χ3v) is 3.36. The molecule has 19 heavy (non-hydrogen) atoms. The summed E-state index contributed by atoms with van der Waals surface area (Å²) in [7, 11) is 0. The number of aromatic nitrogens is 1. The SMILES string of the molecule is Cc1cnc(Cl)c(NC(=O)c2ccc(F)cc2Br)c1. The molecule has 6 heteroatoms. The van der Waals surface area contributed by atoms with Crippen LogP contribution in [0.5, 0.6) is 0 Å². The lowest BCUT2D eigenvalue weighted by molar-refractivity contribution is 0.102. The maximum Gasteiger partial charge on any atom is 0.256 e. The molecular formula is C13H9BrClFN2O. The molecule has 0 aliphatic heterocycles. The van der Waals surface area contributed by atoms with Gasteiger partial charge < -0.3 is 5.32 Å². The average molecular weight is 344 g/mol. The van der Waals surface area contributed by atoms with Crippen LogP contribution in [-0.4, -0.2) is 10.9 Å². The highest BCUT2D eigenvalue weighted by Crippen LogP contribution is 2.23. The molecule has 0 saturated heterocycles. The Bertz CT molecular complexity index is 649. The largest absolute Gasteiger partial charge is 0.319 e. The number of benzene rings is 1. The second kappa shape index (κ2) is 5.67. The maximum atomic E-state index is 13.0. The van der Waals surface area contributed by atoms with Gasteiger partial charge in [0.25, 0.3) is 5.91 Å². The zero-order chi connectivity index (χ0) is 14.0. The molecule has 0 fully saturated rings. The molecule has 3 nitrogen and oxygen atoms in total. The summed E-state index contributed by atoms with van der Waals surface area (Å²) in [4.78, 5) is 16.0. The first-order valence-corrected chi connectivity index (χ1v) is 6.53. The van der Waals surface area contributed by atoms with E-state index < -0.39 is 5.82 Å². The predicted molar refractivity (Wildman–Crippen MR) is 76.0 cm³/mol. The van der Waals surface area contributed by atoms with Crippen molar-refractivity contribution in [2.24, 2.45) is 0 Å². The maximum absolute atomic E-state index is 13.0. The molecule has 1 amide bonds. The van der Waals surface area contributed by atoms with E-state index in [4.69, 9.17) is 11.6 Å². The van der Waals surface area contributed by atoms with E-state index in [1.807, 2.05) is 6.92 Å². The Kier molecular flexibility index (Phi) is 4.17. The molecule has 0 saturated carbocycles. The average Bonchev–Trinajstić information content (AvgIpc) is 2.33. The van der Waals surface area contributed by atoms with Crippen molar-refractivity contribution in [3.8, 4) is 0 Å². The number of hydrogen-bond acceptors (Lipinski definition) is 2. The lowest BCUT2D eigenvalue weighted by Crippen LogP contribution is -2.13. The van der Waals surface area contributed by atoms with Gasteiger partial charge in [-0.1, -0.05) is 11.6 Å². The molecule has 98 valence electrons. The van der Waals surface area contributed by atoms with Crippen molar-refractivity contribution in [1.29, 1.82) is 0 Å². The molecule has 0 unspecified atom stereocenters. The minimum Gasteiger partial charge on any atom is -0.319 e. The van der Waals surface area contributed by atoms with Crippen LogP contribution in [0.1, 0.15) is 15.9 Å². The number of carbonyl (C=O) groups excluding carboxylic acids is 1. The molecule has 0 radical (unpaired) electrons. The zero-order valence-corrected chi connectivity index (χ0v) is 12.2. The fraction of sp³-hybridized carbons (Fsp3) is 0.0769. The summed E-state index contributed by atoms with van der Waals surface area (Å²) in [6.07, 6.45) is 1.60. The molecule has 1 aromatic heterocycles. The van der Waals surface area contributed by atoms with Crippen molar-refractivity contribution < 1.29 is 9.18 Å². The lowest BCUT2D eigenvalue weighted by Gasteiger charge is -2.08. The van der Waals surface area contributed by atoms with E-state index in [-0.39, 0.29) is 11.1 Å². The number of pyridine rings is 1. The van der Waals surface area contributed by atoms with Gasteiger partial charge >= 0.3 is 0 Å². The number of amides is 1. The van der Waals surface area contributed by atoms with Gasteiger partial charge in [-0.25, -0.2) is 9.37 Å². The van der Waals surface area contributed by atoms with Crippen molar-refractivity contribution in [3.05, 3.63) is 57.0 Å². The van der Waals surface area contributed by atoms with E-state index in [1.54, 1.807) is 12.3 Å². The minimum atomic E-state index is -0.418. The number of rotatable bonds is 2. The van der Waals surface area contributed by atoms with E-state index in [1.165, 1.54) is 18.2 Å². The molecule has 2 rings (SSSR count). The molecule has 0 bridgehead atoms. The van der Waals surface area contributed by atoms with Crippen molar-refractivity contribution in [1.82, 2.24) is 4.98 Å².